The third kappa shape index (κ3) is 6.29. The van der Waals surface area contributed by atoms with Gasteiger partial charge in [0.1, 0.15) is 6.61 Å². The molecule has 2 aromatic heterocycles. The number of aryl methyl sites for hydroxylation is 1. The second-order valence-electron chi connectivity index (χ2n) is 10.1. The third-order valence-electron chi connectivity index (χ3n) is 7.24. The summed E-state index contributed by atoms with van der Waals surface area (Å²) in [7, 11) is 1.56. The lowest BCUT2D eigenvalue weighted by Crippen LogP contribution is -2.53. The number of rotatable bonds is 9. The number of urea groups is 1. The number of hydrogen-bond donors (Lipinski definition) is 3. The van der Waals surface area contributed by atoms with Crippen molar-refractivity contribution in [1.82, 2.24) is 29.5 Å². The van der Waals surface area contributed by atoms with Gasteiger partial charge in [0.25, 0.3) is 5.91 Å². The van der Waals surface area contributed by atoms with Crippen LogP contribution in [0.25, 0.3) is 16.9 Å². The topological polar surface area (TPSA) is 142 Å². The number of fused-ring (bicyclic) bond motifs is 1. The highest BCUT2D eigenvalue weighted by molar-refractivity contribution is 5.96. The number of aliphatic imine (C=N–C) groups is 1. The molecule has 3 amide bonds. The van der Waals surface area contributed by atoms with Gasteiger partial charge in [-0.1, -0.05) is 0 Å². The van der Waals surface area contributed by atoms with E-state index >= 15 is 4.39 Å². The average molecular weight is 606 g/mol. The first-order valence-electron chi connectivity index (χ1n) is 14.1. The number of carbonyl (C=O) groups excluding carboxylic acids is 2. The summed E-state index contributed by atoms with van der Waals surface area (Å²) in [5.41, 5.74) is 8.16. The van der Waals surface area contributed by atoms with Crippen LogP contribution in [-0.2, 0) is 0 Å². The van der Waals surface area contributed by atoms with E-state index in [1.807, 2.05) is 13.0 Å². The molecular weight excluding hydrogens is 572 g/mol. The molecule has 4 N–H and O–H groups in total. The number of imidazole rings is 1. The summed E-state index contributed by atoms with van der Waals surface area (Å²) < 4.78 is 36.7. The number of benzene rings is 2. The van der Waals surface area contributed by atoms with Gasteiger partial charge in [-0.05, 0) is 42.8 Å². The molecule has 1 saturated heterocycles. The van der Waals surface area contributed by atoms with Crippen molar-refractivity contribution >= 4 is 35.3 Å². The lowest BCUT2D eigenvalue weighted by atomic mass is 10.1. The number of nitrogens with one attached hydrogen (secondary N) is 2. The molecule has 0 saturated carbocycles. The fraction of sp³-hybridized carbons (Fsp3) is 0.300. The summed E-state index contributed by atoms with van der Waals surface area (Å²) in [5, 5.41) is 5.97. The Hall–Kier alpha value is -5.11. The Balaban J connectivity index is 1.30. The van der Waals surface area contributed by atoms with Crippen LogP contribution in [-0.4, -0.2) is 95.2 Å². The highest BCUT2D eigenvalue weighted by atomic mass is 19.2. The van der Waals surface area contributed by atoms with E-state index in [1.54, 1.807) is 39.6 Å². The Bertz CT molecular complexity index is 1700. The normalized spacial score (nSPS) is 13.5. The molecule has 230 valence electrons. The van der Waals surface area contributed by atoms with Gasteiger partial charge in [0.2, 0.25) is 5.82 Å². The molecule has 1 fully saturated rings. The van der Waals surface area contributed by atoms with E-state index in [2.05, 4.69) is 25.6 Å². The van der Waals surface area contributed by atoms with Crippen molar-refractivity contribution in [2.75, 3.05) is 58.2 Å². The maximum atomic E-state index is 15.1. The fourth-order valence-electron chi connectivity index (χ4n) is 4.94. The molecule has 3 heterocycles. The molecule has 0 bridgehead atoms. The minimum absolute atomic E-state index is 0.0133. The van der Waals surface area contributed by atoms with Gasteiger partial charge >= 0.3 is 6.03 Å². The number of halogens is 2. The molecule has 0 aliphatic carbocycles. The number of piperazine rings is 1. The van der Waals surface area contributed by atoms with E-state index in [9.17, 15) is 14.0 Å². The highest BCUT2D eigenvalue weighted by Crippen LogP contribution is 2.32. The van der Waals surface area contributed by atoms with Crippen LogP contribution < -0.4 is 21.1 Å². The Morgan fingerprint density at radius 1 is 1.09 bits per heavy atom. The molecule has 4 aromatic rings. The summed E-state index contributed by atoms with van der Waals surface area (Å²) in [4.78, 5) is 41.4. The lowest BCUT2D eigenvalue weighted by Gasteiger charge is -2.35. The smallest absolute Gasteiger partial charge is 0.317 e. The number of nitrogens with two attached hydrogens (primary N) is 1. The van der Waals surface area contributed by atoms with Crippen LogP contribution in [0.2, 0.25) is 0 Å². The largest absolute Gasteiger partial charge is 0.485 e. The predicted octanol–water partition coefficient (Wildman–Crippen LogP) is 3.23. The zero-order valence-corrected chi connectivity index (χ0v) is 24.4. The summed E-state index contributed by atoms with van der Waals surface area (Å²) in [6.07, 6.45) is 6.02. The van der Waals surface area contributed by atoms with E-state index in [4.69, 9.17) is 10.5 Å². The number of anilines is 2. The number of hydrogen-bond acceptors (Lipinski definition) is 8. The van der Waals surface area contributed by atoms with Crippen molar-refractivity contribution < 1.29 is 23.1 Å². The number of ether oxygens (including phenoxy) is 1. The molecule has 0 atom stereocenters. The summed E-state index contributed by atoms with van der Waals surface area (Å²) >= 11 is 0. The Morgan fingerprint density at radius 2 is 1.86 bits per heavy atom. The number of aromatic nitrogens is 3. The van der Waals surface area contributed by atoms with Gasteiger partial charge in [-0.3, -0.25) is 14.2 Å². The van der Waals surface area contributed by atoms with Crippen molar-refractivity contribution in [2.45, 2.75) is 6.92 Å². The monoisotopic (exact) mass is 605 g/mol. The Morgan fingerprint density at radius 3 is 2.59 bits per heavy atom. The predicted molar refractivity (Wildman–Crippen MR) is 163 cm³/mol. The van der Waals surface area contributed by atoms with Gasteiger partial charge in [-0.15, -0.1) is 0 Å². The molecule has 0 unspecified atom stereocenters. The van der Waals surface area contributed by atoms with Crippen LogP contribution >= 0.6 is 0 Å². The van der Waals surface area contributed by atoms with E-state index in [0.29, 0.717) is 67.7 Å². The van der Waals surface area contributed by atoms with Crippen molar-refractivity contribution in [1.29, 1.82) is 0 Å². The fourth-order valence-corrected chi connectivity index (χ4v) is 4.94. The van der Waals surface area contributed by atoms with Crippen molar-refractivity contribution in [3.8, 4) is 17.0 Å². The van der Waals surface area contributed by atoms with E-state index < -0.39 is 11.6 Å². The molecule has 1 aliphatic heterocycles. The molecule has 12 nitrogen and oxygen atoms in total. The summed E-state index contributed by atoms with van der Waals surface area (Å²) in [5.74, 6) is -2.10. The van der Waals surface area contributed by atoms with Crippen LogP contribution in [0.4, 0.5) is 25.1 Å². The minimum atomic E-state index is -1.10. The second kappa shape index (κ2) is 13.5. The molecule has 14 heteroatoms. The molecular formula is C30H33F2N9O3. The molecule has 2 aromatic carbocycles. The van der Waals surface area contributed by atoms with Gasteiger partial charge in [0, 0.05) is 81.7 Å². The maximum absolute atomic E-state index is 15.1. The minimum Gasteiger partial charge on any atom is -0.485 e. The second-order valence-corrected chi connectivity index (χ2v) is 10.1. The number of carbonyl (C=O) groups is 2. The van der Waals surface area contributed by atoms with Gasteiger partial charge in [-0.2, -0.15) is 4.39 Å². The first kappa shape index (κ1) is 30.4. The number of nitrogens with zero attached hydrogens (tertiary/aromatic N) is 6. The molecule has 1 aliphatic rings. The zero-order valence-electron chi connectivity index (χ0n) is 24.4. The quantitative estimate of drug-likeness (QED) is 0.249. The van der Waals surface area contributed by atoms with E-state index in [1.165, 1.54) is 30.7 Å². The van der Waals surface area contributed by atoms with Gasteiger partial charge in [0.15, 0.2) is 23.0 Å². The first-order valence-corrected chi connectivity index (χ1v) is 14.1. The molecule has 0 spiro atoms. The third-order valence-corrected chi connectivity index (χ3v) is 7.24. The van der Waals surface area contributed by atoms with Crippen molar-refractivity contribution in [3.05, 3.63) is 71.7 Å². The first-order chi connectivity index (χ1) is 21.3. The van der Waals surface area contributed by atoms with Crippen molar-refractivity contribution in [3.63, 3.8) is 0 Å². The van der Waals surface area contributed by atoms with E-state index in [0.717, 1.165) is 5.56 Å². The van der Waals surface area contributed by atoms with Gasteiger partial charge in [-0.25, -0.2) is 19.2 Å². The SMILES string of the molecule is CN=CCOc1ccc(-c2cnc3c(Nc4ccc(C(=O)N5CCN(C(=O)NCCN)CC5)c(C)c4)nccn23)c(F)c1F. The van der Waals surface area contributed by atoms with Crippen LogP contribution in [0, 0.1) is 18.6 Å². The van der Waals surface area contributed by atoms with Crippen LogP contribution in [0.5, 0.6) is 5.75 Å². The van der Waals surface area contributed by atoms with Gasteiger partial charge < -0.3 is 30.9 Å². The number of amides is 3. The Kier molecular flexibility index (Phi) is 9.29. The summed E-state index contributed by atoms with van der Waals surface area (Å²) in [6.45, 7) is 4.36. The van der Waals surface area contributed by atoms with Crippen LogP contribution in [0.1, 0.15) is 15.9 Å². The van der Waals surface area contributed by atoms with Crippen molar-refractivity contribution in [2.24, 2.45) is 10.7 Å². The molecule has 44 heavy (non-hydrogen) atoms. The van der Waals surface area contributed by atoms with Crippen LogP contribution in [0.15, 0.2) is 53.9 Å². The summed E-state index contributed by atoms with van der Waals surface area (Å²) in [6, 6.07) is 7.96. The zero-order chi connectivity index (χ0) is 31.2. The molecule has 0 radical (unpaired) electrons. The average Bonchev–Trinajstić information content (AvgIpc) is 3.47. The van der Waals surface area contributed by atoms with Gasteiger partial charge in [0.05, 0.1) is 11.9 Å². The highest BCUT2D eigenvalue weighted by Gasteiger charge is 2.26. The maximum Gasteiger partial charge on any atom is 0.317 e. The van der Waals surface area contributed by atoms with E-state index in [-0.39, 0.29) is 29.9 Å². The molecule has 5 rings (SSSR count). The Labute approximate surface area is 252 Å². The van der Waals surface area contributed by atoms with Crippen LogP contribution in [0.3, 0.4) is 0 Å². The lowest BCUT2D eigenvalue weighted by molar-refractivity contribution is 0.0664. The standard InChI is InChI=1S/C30H33F2N9O3/c1-19-17-20(3-4-21(19)29(42)39-12-14-40(15-13-39)30(43)36-8-7-33)38-27-28-37-18-23(41(28)11-9-35-27)22-5-6-24(26(32)25(22)31)44-16-10-34-2/h3-6,9-11,17-18H,7-8,12-16,33H2,1-2H3,(H,35,38)(H,36,43).